The Labute approximate surface area is 183 Å². The second-order valence-electron chi connectivity index (χ2n) is 7.15. The van der Waals surface area contributed by atoms with Crippen molar-refractivity contribution in [1.82, 2.24) is 24.8 Å². The van der Waals surface area contributed by atoms with E-state index in [9.17, 15) is 4.79 Å². The van der Waals surface area contributed by atoms with Gasteiger partial charge in [0.05, 0.1) is 23.1 Å². The lowest BCUT2D eigenvalue weighted by molar-refractivity contribution is 0.0827. The number of aryl methyl sites for hydroxylation is 1. The summed E-state index contributed by atoms with van der Waals surface area (Å²) in [5.41, 5.74) is 6.75. The molecule has 31 heavy (non-hydrogen) atoms. The van der Waals surface area contributed by atoms with Crippen LogP contribution in [-0.2, 0) is 4.74 Å². The molecule has 1 fully saturated rings. The Morgan fingerprint density at radius 2 is 2.03 bits per heavy atom. The van der Waals surface area contributed by atoms with Gasteiger partial charge in [0.1, 0.15) is 11.9 Å². The van der Waals surface area contributed by atoms with E-state index in [1.165, 1.54) is 16.2 Å². The Morgan fingerprint density at radius 1 is 1.26 bits per heavy atom. The van der Waals surface area contributed by atoms with Crippen LogP contribution in [0.3, 0.4) is 0 Å². The van der Waals surface area contributed by atoms with Crippen molar-refractivity contribution in [2.75, 3.05) is 38.8 Å². The summed E-state index contributed by atoms with van der Waals surface area (Å²) in [4.78, 5) is 34.1. The third kappa shape index (κ3) is 4.79. The fourth-order valence-electron chi connectivity index (χ4n) is 3.00. The maximum atomic E-state index is 12.1. The summed E-state index contributed by atoms with van der Waals surface area (Å²) in [5.74, 6) is 1.30. The lowest BCUT2D eigenvalue weighted by Crippen LogP contribution is -2.51. The third-order valence-electron chi connectivity index (χ3n) is 4.58. The molecule has 0 bridgehead atoms. The average Bonchev–Trinajstić information content (AvgIpc) is 3.20. The zero-order valence-electron chi connectivity index (χ0n) is 17.5. The predicted molar refractivity (Wildman–Crippen MR) is 116 cm³/mol. The molecule has 3 heterocycles. The molecule has 1 aliphatic rings. The molecule has 10 nitrogen and oxygen atoms in total. The van der Waals surface area contributed by atoms with Crippen molar-refractivity contribution in [3.8, 4) is 22.5 Å². The number of nitrogens with zero attached hydrogens (tertiary/aromatic N) is 6. The maximum absolute atomic E-state index is 12.1. The molecule has 162 valence electrons. The van der Waals surface area contributed by atoms with Gasteiger partial charge < -0.3 is 25.0 Å². The number of hydrogen-bond donors (Lipinski definition) is 1. The predicted octanol–water partition coefficient (Wildman–Crippen LogP) is 1.92. The highest BCUT2D eigenvalue weighted by Gasteiger charge is 2.24. The minimum absolute atomic E-state index is 0.0850. The topological polar surface area (TPSA) is 120 Å². The van der Waals surface area contributed by atoms with E-state index >= 15 is 0 Å². The van der Waals surface area contributed by atoms with Gasteiger partial charge in [0.2, 0.25) is 5.95 Å². The number of hydrogen-bond acceptors (Lipinski definition) is 10. The van der Waals surface area contributed by atoms with Gasteiger partial charge in [0.15, 0.2) is 5.82 Å². The number of anilines is 1. The first-order valence-electron chi connectivity index (χ1n) is 9.69. The Balaban J connectivity index is 1.66. The zero-order valence-corrected chi connectivity index (χ0v) is 18.3. The molecule has 0 saturated carbocycles. The van der Waals surface area contributed by atoms with Crippen LogP contribution >= 0.6 is 11.3 Å². The number of amides is 1. The first kappa shape index (κ1) is 21.1. The maximum Gasteiger partial charge on any atom is 0.327 e. The average molecular weight is 442 g/mol. The number of rotatable bonds is 5. The van der Waals surface area contributed by atoms with Gasteiger partial charge in [0, 0.05) is 32.4 Å². The Morgan fingerprint density at radius 3 is 2.68 bits per heavy atom. The number of carbonyl (C=O) groups is 1. The van der Waals surface area contributed by atoms with Gasteiger partial charge in [-0.1, -0.05) is 0 Å². The highest BCUT2D eigenvalue weighted by molar-refractivity contribution is 7.14. The summed E-state index contributed by atoms with van der Waals surface area (Å²) in [6.07, 6.45) is 1.36. The fraction of sp³-hybridized carbons (Fsp3) is 0.350. The zero-order chi connectivity index (χ0) is 22.0. The van der Waals surface area contributed by atoms with Gasteiger partial charge in [-0.25, -0.2) is 4.98 Å². The molecule has 3 aromatic rings. The number of carbonyl (C=O) groups excluding carboxylic acids is 1. The van der Waals surface area contributed by atoms with Crippen LogP contribution in [-0.4, -0.2) is 70.8 Å². The summed E-state index contributed by atoms with van der Waals surface area (Å²) in [6.45, 7) is 3.40. The van der Waals surface area contributed by atoms with Crippen LogP contribution in [0.1, 0.15) is 15.4 Å². The minimum atomic E-state index is -0.364. The summed E-state index contributed by atoms with van der Waals surface area (Å²) in [5, 5.41) is 0.906. The first-order chi connectivity index (χ1) is 14.9. The van der Waals surface area contributed by atoms with Crippen molar-refractivity contribution in [2.45, 2.75) is 13.1 Å². The summed E-state index contributed by atoms with van der Waals surface area (Å²) < 4.78 is 11.3. The van der Waals surface area contributed by atoms with Crippen LogP contribution in [0.15, 0.2) is 30.5 Å². The molecule has 11 heteroatoms. The van der Waals surface area contributed by atoms with E-state index in [-0.39, 0.29) is 18.1 Å². The van der Waals surface area contributed by atoms with Crippen molar-refractivity contribution in [3.05, 3.63) is 41.0 Å². The van der Waals surface area contributed by atoms with E-state index in [4.69, 9.17) is 15.2 Å². The van der Waals surface area contributed by atoms with Crippen LogP contribution in [0, 0.1) is 6.92 Å². The van der Waals surface area contributed by atoms with E-state index in [1.807, 2.05) is 11.8 Å². The first-order valence-corrected chi connectivity index (χ1v) is 10.5. The molecule has 0 radical (unpaired) electrons. The SMILES string of the molecule is Cc1ncc(-c2nc(Oc3ccc(C(=O)N(C)C)cc3)nc(N3CCOCC3N)n2)s1. The van der Waals surface area contributed by atoms with Crippen molar-refractivity contribution < 1.29 is 14.3 Å². The van der Waals surface area contributed by atoms with Gasteiger partial charge in [-0.2, -0.15) is 15.0 Å². The highest BCUT2D eigenvalue weighted by Crippen LogP contribution is 2.28. The Kier molecular flexibility index (Phi) is 6.07. The van der Waals surface area contributed by atoms with Crippen LogP contribution in [0.5, 0.6) is 11.8 Å². The fourth-order valence-corrected chi connectivity index (χ4v) is 3.71. The molecule has 1 unspecified atom stereocenters. The van der Waals surface area contributed by atoms with Crippen molar-refractivity contribution >= 4 is 23.2 Å². The number of nitrogens with two attached hydrogens (primary N) is 1. The number of morpholine rings is 1. The summed E-state index contributed by atoms with van der Waals surface area (Å²) in [7, 11) is 3.41. The van der Waals surface area contributed by atoms with Crippen molar-refractivity contribution in [2.24, 2.45) is 5.73 Å². The molecule has 1 saturated heterocycles. The molecule has 2 aromatic heterocycles. The lowest BCUT2D eigenvalue weighted by atomic mass is 10.2. The van der Waals surface area contributed by atoms with E-state index in [2.05, 4.69) is 19.9 Å². The van der Waals surface area contributed by atoms with E-state index in [0.717, 1.165) is 9.88 Å². The Bertz CT molecular complexity index is 1070. The number of aromatic nitrogens is 4. The van der Waals surface area contributed by atoms with E-state index in [1.54, 1.807) is 44.6 Å². The summed E-state index contributed by atoms with van der Waals surface area (Å²) >= 11 is 1.48. The lowest BCUT2D eigenvalue weighted by Gasteiger charge is -2.32. The monoisotopic (exact) mass is 441 g/mol. The molecular weight excluding hydrogens is 418 g/mol. The quantitative estimate of drug-likeness (QED) is 0.633. The summed E-state index contributed by atoms with van der Waals surface area (Å²) in [6, 6.07) is 6.95. The smallest absolute Gasteiger partial charge is 0.327 e. The molecule has 0 aliphatic carbocycles. The molecule has 1 amide bonds. The Hall–Kier alpha value is -3.15. The standard InChI is InChI=1S/C20H23N7O3S/c1-12-22-10-15(31-12)17-23-19(27-8-9-29-11-16(27)21)25-20(24-17)30-14-6-4-13(5-7-14)18(28)26(2)3/h4-7,10,16H,8-9,11,21H2,1-3H3. The molecule has 1 aliphatic heterocycles. The minimum Gasteiger partial charge on any atom is -0.424 e. The van der Waals surface area contributed by atoms with Crippen molar-refractivity contribution in [1.29, 1.82) is 0 Å². The number of ether oxygens (including phenoxy) is 2. The van der Waals surface area contributed by atoms with Crippen LogP contribution in [0.4, 0.5) is 5.95 Å². The van der Waals surface area contributed by atoms with E-state index < -0.39 is 0 Å². The molecule has 2 N–H and O–H groups in total. The highest BCUT2D eigenvalue weighted by atomic mass is 32.1. The second kappa shape index (κ2) is 8.92. The van der Waals surface area contributed by atoms with E-state index in [0.29, 0.717) is 42.8 Å². The molecular formula is C20H23N7O3S. The number of benzene rings is 1. The largest absolute Gasteiger partial charge is 0.424 e. The normalized spacial score (nSPS) is 16.3. The van der Waals surface area contributed by atoms with Gasteiger partial charge in [-0.05, 0) is 31.2 Å². The number of thiazole rings is 1. The molecule has 0 spiro atoms. The third-order valence-corrected chi connectivity index (χ3v) is 5.49. The molecule has 1 atom stereocenters. The second-order valence-corrected chi connectivity index (χ2v) is 8.38. The van der Waals surface area contributed by atoms with Gasteiger partial charge in [-0.15, -0.1) is 11.3 Å². The van der Waals surface area contributed by atoms with Crippen LogP contribution in [0.2, 0.25) is 0 Å². The van der Waals surface area contributed by atoms with Crippen LogP contribution in [0.25, 0.3) is 10.7 Å². The van der Waals surface area contributed by atoms with Crippen LogP contribution < -0.4 is 15.4 Å². The van der Waals surface area contributed by atoms with Gasteiger partial charge in [0.25, 0.3) is 5.91 Å². The van der Waals surface area contributed by atoms with Gasteiger partial charge >= 0.3 is 6.01 Å². The molecule has 4 rings (SSSR count). The van der Waals surface area contributed by atoms with Crippen molar-refractivity contribution in [3.63, 3.8) is 0 Å². The van der Waals surface area contributed by atoms with Gasteiger partial charge in [-0.3, -0.25) is 4.79 Å². The molecule has 1 aromatic carbocycles.